The Kier molecular flexibility index (Phi) is 6.41. The number of hydrazone groups is 1. The lowest BCUT2D eigenvalue weighted by molar-refractivity contribution is 0.0317. The van der Waals surface area contributed by atoms with Crippen molar-refractivity contribution in [1.82, 2.24) is 19.9 Å². The van der Waals surface area contributed by atoms with Gasteiger partial charge in [-0.3, -0.25) is 10.3 Å². The number of H-pyrrole nitrogens is 1. The van der Waals surface area contributed by atoms with Crippen molar-refractivity contribution in [2.75, 3.05) is 63.9 Å². The Hall–Kier alpha value is -3.17. The summed E-state index contributed by atoms with van der Waals surface area (Å²) in [5.41, 5.74) is 5.07. The highest BCUT2D eigenvalue weighted by atomic mass is 16.5. The third-order valence-electron chi connectivity index (χ3n) is 4.90. The normalized spacial score (nSPS) is 15.0. The average Bonchev–Trinajstić information content (AvgIpc) is 3.18. The third-order valence-corrected chi connectivity index (χ3v) is 4.90. The fourth-order valence-electron chi connectivity index (χ4n) is 3.22. The van der Waals surface area contributed by atoms with Gasteiger partial charge in [-0.15, -0.1) is 0 Å². The molecule has 0 bridgehead atoms. The Bertz CT molecular complexity index is 996. The molecule has 0 saturated carbocycles. The van der Waals surface area contributed by atoms with Crippen LogP contribution in [0.25, 0.3) is 10.9 Å². The van der Waals surface area contributed by atoms with E-state index in [1.807, 2.05) is 49.5 Å². The van der Waals surface area contributed by atoms with Crippen LogP contribution >= 0.6 is 0 Å². The van der Waals surface area contributed by atoms with E-state index >= 15 is 0 Å². The van der Waals surface area contributed by atoms with Crippen LogP contribution in [0.1, 0.15) is 5.56 Å². The SMILES string of the molecule is CN(C)c1cc(N/N=C/c2c[nH]c3ccccc23)nc(OCCN2CCOCC2)n1. The lowest BCUT2D eigenvalue weighted by atomic mass is 10.2. The Morgan fingerprint density at radius 3 is 2.93 bits per heavy atom. The number of morpholine rings is 1. The number of aromatic amines is 1. The molecule has 1 aliphatic rings. The van der Waals surface area contributed by atoms with Crippen molar-refractivity contribution in [2.45, 2.75) is 0 Å². The summed E-state index contributed by atoms with van der Waals surface area (Å²) < 4.78 is 11.2. The first-order chi connectivity index (χ1) is 14.7. The Morgan fingerprint density at radius 2 is 2.10 bits per heavy atom. The number of aromatic nitrogens is 3. The fraction of sp³-hybridized carbons (Fsp3) is 0.381. The van der Waals surface area contributed by atoms with E-state index in [2.05, 4.69) is 36.4 Å². The highest BCUT2D eigenvalue weighted by Gasteiger charge is 2.11. The van der Waals surface area contributed by atoms with Crippen molar-refractivity contribution >= 4 is 28.8 Å². The van der Waals surface area contributed by atoms with E-state index in [0.29, 0.717) is 18.4 Å². The first-order valence-electron chi connectivity index (χ1n) is 10.0. The first-order valence-corrected chi connectivity index (χ1v) is 10.0. The van der Waals surface area contributed by atoms with Gasteiger partial charge in [0, 0.05) is 62.5 Å². The minimum absolute atomic E-state index is 0.333. The Balaban J connectivity index is 1.41. The highest BCUT2D eigenvalue weighted by Crippen LogP contribution is 2.19. The minimum atomic E-state index is 0.333. The molecular formula is C21H27N7O2. The number of nitrogens with zero attached hydrogens (tertiary/aromatic N) is 5. The molecule has 1 fully saturated rings. The standard InChI is InChI=1S/C21H27N7O2/c1-27(2)20-13-19(24-21(25-20)30-12-9-28-7-10-29-11-8-28)26-23-15-16-14-22-18-6-4-3-5-17(16)18/h3-6,13-15,22H,7-12H2,1-2H3,(H,24,25,26)/b23-15+. The van der Waals surface area contributed by atoms with Gasteiger partial charge in [0.05, 0.1) is 19.4 Å². The van der Waals surface area contributed by atoms with E-state index in [4.69, 9.17) is 9.47 Å². The number of anilines is 2. The quantitative estimate of drug-likeness (QED) is 0.435. The van der Waals surface area contributed by atoms with Crippen LogP contribution in [-0.2, 0) is 4.74 Å². The molecule has 1 saturated heterocycles. The highest BCUT2D eigenvalue weighted by molar-refractivity contribution is 5.99. The van der Waals surface area contributed by atoms with Gasteiger partial charge in [-0.1, -0.05) is 18.2 Å². The summed E-state index contributed by atoms with van der Waals surface area (Å²) >= 11 is 0. The molecule has 9 nitrogen and oxygen atoms in total. The zero-order chi connectivity index (χ0) is 20.8. The fourth-order valence-corrected chi connectivity index (χ4v) is 3.22. The summed E-state index contributed by atoms with van der Waals surface area (Å²) in [4.78, 5) is 16.4. The van der Waals surface area contributed by atoms with Crippen LogP contribution in [0.15, 0.2) is 41.6 Å². The molecule has 1 aliphatic heterocycles. The first kappa shape index (κ1) is 20.1. The maximum Gasteiger partial charge on any atom is 0.320 e. The Labute approximate surface area is 175 Å². The van der Waals surface area contributed by atoms with Crippen molar-refractivity contribution in [3.8, 4) is 6.01 Å². The lowest BCUT2D eigenvalue weighted by Crippen LogP contribution is -2.38. The number of benzene rings is 1. The predicted octanol–water partition coefficient (Wildman–Crippen LogP) is 2.18. The largest absolute Gasteiger partial charge is 0.462 e. The zero-order valence-electron chi connectivity index (χ0n) is 17.3. The van der Waals surface area contributed by atoms with Gasteiger partial charge in [0.15, 0.2) is 5.82 Å². The molecule has 4 rings (SSSR count). The van der Waals surface area contributed by atoms with Crippen LogP contribution < -0.4 is 15.1 Å². The molecule has 3 heterocycles. The number of hydrogen-bond acceptors (Lipinski definition) is 8. The summed E-state index contributed by atoms with van der Waals surface area (Å²) in [6.07, 6.45) is 3.70. The summed E-state index contributed by atoms with van der Waals surface area (Å²) in [7, 11) is 3.86. The van der Waals surface area contributed by atoms with E-state index in [1.54, 1.807) is 6.21 Å². The molecule has 0 atom stereocenters. The van der Waals surface area contributed by atoms with Gasteiger partial charge in [-0.25, -0.2) is 0 Å². The van der Waals surface area contributed by atoms with Gasteiger partial charge < -0.3 is 19.4 Å². The second-order valence-corrected chi connectivity index (χ2v) is 7.25. The van der Waals surface area contributed by atoms with Crippen molar-refractivity contribution in [2.24, 2.45) is 5.10 Å². The maximum absolute atomic E-state index is 5.82. The number of hydrogen-bond donors (Lipinski definition) is 2. The summed E-state index contributed by atoms with van der Waals surface area (Å²) in [5.74, 6) is 1.32. The second-order valence-electron chi connectivity index (χ2n) is 7.25. The number of nitrogens with one attached hydrogen (secondary N) is 2. The van der Waals surface area contributed by atoms with E-state index in [9.17, 15) is 0 Å². The molecule has 158 valence electrons. The average molecular weight is 409 g/mol. The molecule has 30 heavy (non-hydrogen) atoms. The number of fused-ring (bicyclic) bond motifs is 1. The van der Waals surface area contributed by atoms with Crippen molar-refractivity contribution in [3.05, 3.63) is 42.1 Å². The molecule has 0 aliphatic carbocycles. The molecule has 0 unspecified atom stereocenters. The number of para-hydroxylation sites is 1. The van der Waals surface area contributed by atoms with Gasteiger partial charge >= 0.3 is 6.01 Å². The molecule has 0 radical (unpaired) electrons. The second kappa shape index (κ2) is 9.55. The molecule has 1 aromatic carbocycles. The maximum atomic E-state index is 5.82. The van der Waals surface area contributed by atoms with Crippen molar-refractivity contribution in [1.29, 1.82) is 0 Å². The van der Waals surface area contributed by atoms with Crippen LogP contribution in [0.4, 0.5) is 11.6 Å². The van der Waals surface area contributed by atoms with Crippen LogP contribution in [0.5, 0.6) is 6.01 Å². The lowest BCUT2D eigenvalue weighted by Gasteiger charge is -2.26. The molecular weight excluding hydrogens is 382 g/mol. The van der Waals surface area contributed by atoms with Gasteiger partial charge in [0.25, 0.3) is 0 Å². The number of ether oxygens (including phenoxy) is 2. The topological polar surface area (TPSA) is 90.9 Å². The molecule has 0 spiro atoms. The number of rotatable bonds is 8. The van der Waals surface area contributed by atoms with Crippen LogP contribution in [-0.4, -0.2) is 79.6 Å². The van der Waals surface area contributed by atoms with E-state index in [-0.39, 0.29) is 0 Å². The predicted molar refractivity (Wildman–Crippen MR) is 119 cm³/mol. The molecule has 2 N–H and O–H groups in total. The van der Waals surface area contributed by atoms with Crippen LogP contribution in [0.3, 0.4) is 0 Å². The Morgan fingerprint density at radius 1 is 1.27 bits per heavy atom. The monoisotopic (exact) mass is 409 g/mol. The van der Waals surface area contributed by atoms with Gasteiger partial charge in [-0.05, 0) is 6.07 Å². The molecule has 3 aromatic rings. The third kappa shape index (κ3) is 5.05. The van der Waals surface area contributed by atoms with E-state index < -0.39 is 0 Å². The smallest absolute Gasteiger partial charge is 0.320 e. The summed E-state index contributed by atoms with van der Waals surface area (Å²) in [6, 6.07) is 10.3. The summed E-state index contributed by atoms with van der Waals surface area (Å²) in [5, 5.41) is 5.47. The van der Waals surface area contributed by atoms with Crippen LogP contribution in [0, 0.1) is 0 Å². The van der Waals surface area contributed by atoms with Crippen LogP contribution in [0.2, 0.25) is 0 Å². The van der Waals surface area contributed by atoms with Gasteiger partial charge in [0.1, 0.15) is 12.4 Å². The molecule has 9 heteroatoms. The van der Waals surface area contributed by atoms with Gasteiger partial charge in [-0.2, -0.15) is 15.1 Å². The van der Waals surface area contributed by atoms with Gasteiger partial charge in [0.2, 0.25) is 0 Å². The van der Waals surface area contributed by atoms with E-state index in [1.165, 1.54) is 0 Å². The van der Waals surface area contributed by atoms with Crippen molar-refractivity contribution in [3.63, 3.8) is 0 Å². The molecule has 0 amide bonds. The minimum Gasteiger partial charge on any atom is -0.462 e. The van der Waals surface area contributed by atoms with E-state index in [0.717, 1.165) is 55.1 Å². The summed E-state index contributed by atoms with van der Waals surface area (Å²) in [6.45, 7) is 4.74. The molecule has 2 aromatic heterocycles. The zero-order valence-corrected chi connectivity index (χ0v) is 17.3. The van der Waals surface area contributed by atoms with Crippen molar-refractivity contribution < 1.29 is 9.47 Å².